The van der Waals surface area contributed by atoms with Gasteiger partial charge in [-0.25, -0.2) is 9.97 Å². The van der Waals surface area contributed by atoms with Gasteiger partial charge in [-0.2, -0.15) is 0 Å². The highest BCUT2D eigenvalue weighted by Gasteiger charge is 1.98. The lowest BCUT2D eigenvalue weighted by molar-refractivity contribution is 1.28. The molecule has 0 fully saturated rings. The molecule has 2 rings (SSSR count). The number of nitrogens with one attached hydrogen (secondary N) is 1. The summed E-state index contributed by atoms with van der Waals surface area (Å²) in [5.74, 6) is 0.830. The second-order valence-electron chi connectivity index (χ2n) is 2.62. The molecule has 2 heterocycles. The van der Waals surface area contributed by atoms with E-state index >= 15 is 0 Å². The molecule has 0 aliphatic heterocycles. The first-order valence-corrected chi connectivity index (χ1v) is 6.77. The van der Waals surface area contributed by atoms with Crippen LogP contribution in [0.2, 0.25) is 0 Å². The molecule has 0 aromatic carbocycles. The number of pyridine rings is 1. The zero-order valence-corrected chi connectivity index (χ0v) is 12.0. The SMILES string of the molecule is CC.CC.Cc1cnc(Nc2ccccn2)s1. The van der Waals surface area contributed by atoms with Gasteiger partial charge in [-0.1, -0.05) is 33.8 Å². The summed E-state index contributed by atoms with van der Waals surface area (Å²) in [5, 5.41) is 4.01. The van der Waals surface area contributed by atoms with E-state index in [1.165, 1.54) is 4.88 Å². The monoisotopic (exact) mass is 251 g/mol. The maximum Gasteiger partial charge on any atom is 0.188 e. The van der Waals surface area contributed by atoms with Crippen molar-refractivity contribution in [3.05, 3.63) is 35.5 Å². The number of hydrogen-bond acceptors (Lipinski definition) is 4. The first-order valence-electron chi connectivity index (χ1n) is 5.95. The minimum atomic E-state index is 0.830. The molecular formula is C13H21N3S. The predicted molar refractivity (Wildman–Crippen MR) is 77.1 cm³/mol. The van der Waals surface area contributed by atoms with Gasteiger partial charge in [-0.05, 0) is 19.1 Å². The van der Waals surface area contributed by atoms with Crippen LogP contribution in [0.5, 0.6) is 0 Å². The van der Waals surface area contributed by atoms with E-state index in [0.29, 0.717) is 0 Å². The maximum atomic E-state index is 4.18. The van der Waals surface area contributed by atoms with Gasteiger partial charge in [0.25, 0.3) is 0 Å². The summed E-state index contributed by atoms with van der Waals surface area (Å²) in [7, 11) is 0. The number of anilines is 2. The van der Waals surface area contributed by atoms with Crippen molar-refractivity contribution in [3.63, 3.8) is 0 Å². The molecule has 0 saturated heterocycles. The average Bonchev–Trinajstić information content (AvgIpc) is 2.81. The van der Waals surface area contributed by atoms with Crippen molar-refractivity contribution >= 4 is 22.3 Å². The molecule has 0 atom stereocenters. The Balaban J connectivity index is 0.000000581. The van der Waals surface area contributed by atoms with E-state index in [9.17, 15) is 0 Å². The van der Waals surface area contributed by atoms with Crippen LogP contribution in [0.15, 0.2) is 30.6 Å². The van der Waals surface area contributed by atoms with Gasteiger partial charge in [-0.15, -0.1) is 11.3 Å². The van der Waals surface area contributed by atoms with E-state index in [1.807, 2.05) is 59.0 Å². The number of aromatic nitrogens is 2. The molecule has 3 nitrogen and oxygen atoms in total. The Labute approximate surface area is 108 Å². The average molecular weight is 251 g/mol. The normalized spacial score (nSPS) is 8.29. The summed E-state index contributed by atoms with van der Waals surface area (Å²) in [5.41, 5.74) is 0. The molecular weight excluding hydrogens is 230 g/mol. The molecule has 2 aromatic heterocycles. The van der Waals surface area contributed by atoms with Crippen LogP contribution >= 0.6 is 11.3 Å². The Kier molecular flexibility index (Phi) is 8.96. The number of hydrogen-bond donors (Lipinski definition) is 1. The van der Waals surface area contributed by atoms with Gasteiger partial charge >= 0.3 is 0 Å². The number of nitrogens with zero attached hydrogens (tertiary/aromatic N) is 2. The summed E-state index contributed by atoms with van der Waals surface area (Å²) in [6.45, 7) is 10.0. The third kappa shape index (κ3) is 6.02. The minimum absolute atomic E-state index is 0.830. The van der Waals surface area contributed by atoms with Gasteiger partial charge < -0.3 is 5.32 Å². The van der Waals surface area contributed by atoms with Gasteiger partial charge in [0.2, 0.25) is 0 Å². The third-order valence-corrected chi connectivity index (χ3v) is 2.35. The van der Waals surface area contributed by atoms with Crippen molar-refractivity contribution in [2.24, 2.45) is 0 Å². The fourth-order valence-electron chi connectivity index (χ4n) is 0.959. The second-order valence-corrected chi connectivity index (χ2v) is 3.85. The van der Waals surface area contributed by atoms with E-state index < -0.39 is 0 Å². The van der Waals surface area contributed by atoms with Crippen molar-refractivity contribution in [1.29, 1.82) is 0 Å². The summed E-state index contributed by atoms with van der Waals surface area (Å²) >= 11 is 1.62. The van der Waals surface area contributed by atoms with Crippen LogP contribution < -0.4 is 5.32 Å². The lowest BCUT2D eigenvalue weighted by atomic mass is 10.5. The van der Waals surface area contributed by atoms with Crippen LogP contribution in [0.3, 0.4) is 0 Å². The first kappa shape index (κ1) is 15.6. The standard InChI is InChI=1S/C9H9N3S.2C2H6/c1-7-6-11-9(13-7)12-8-4-2-3-5-10-8;2*1-2/h2-6H,1H3,(H,10,11,12);2*1-2H3. The third-order valence-electron chi connectivity index (χ3n) is 1.52. The van der Waals surface area contributed by atoms with Crippen molar-refractivity contribution in [3.8, 4) is 0 Å². The Morgan fingerprint density at radius 2 is 1.76 bits per heavy atom. The Morgan fingerprint density at radius 1 is 1.06 bits per heavy atom. The predicted octanol–water partition coefficient (Wildman–Crippen LogP) is 4.64. The fourth-order valence-corrected chi connectivity index (χ4v) is 1.63. The molecule has 0 unspecified atom stereocenters. The van der Waals surface area contributed by atoms with E-state index in [-0.39, 0.29) is 0 Å². The molecule has 0 saturated carbocycles. The van der Waals surface area contributed by atoms with Gasteiger partial charge in [0.15, 0.2) is 5.13 Å². The summed E-state index contributed by atoms with van der Waals surface area (Å²) < 4.78 is 0. The smallest absolute Gasteiger partial charge is 0.188 e. The Bertz CT molecular complexity index is 385. The highest BCUT2D eigenvalue weighted by atomic mass is 32.1. The van der Waals surface area contributed by atoms with E-state index in [0.717, 1.165) is 10.9 Å². The molecule has 4 heteroatoms. The molecule has 0 aliphatic rings. The zero-order valence-electron chi connectivity index (χ0n) is 11.2. The Hall–Kier alpha value is -1.42. The fraction of sp³-hybridized carbons (Fsp3) is 0.385. The molecule has 94 valence electrons. The molecule has 0 aliphatic carbocycles. The molecule has 0 radical (unpaired) electrons. The van der Waals surface area contributed by atoms with E-state index in [4.69, 9.17) is 0 Å². The number of aryl methyl sites for hydroxylation is 1. The lowest BCUT2D eigenvalue weighted by Crippen LogP contribution is -1.90. The zero-order chi connectivity index (χ0) is 13.1. The highest BCUT2D eigenvalue weighted by molar-refractivity contribution is 7.15. The number of rotatable bonds is 2. The van der Waals surface area contributed by atoms with E-state index in [1.54, 1.807) is 17.5 Å². The van der Waals surface area contributed by atoms with Crippen molar-refractivity contribution in [2.75, 3.05) is 5.32 Å². The van der Waals surface area contributed by atoms with Crippen molar-refractivity contribution < 1.29 is 0 Å². The molecule has 0 spiro atoms. The minimum Gasteiger partial charge on any atom is -0.316 e. The lowest BCUT2D eigenvalue weighted by Gasteiger charge is -1.98. The summed E-state index contributed by atoms with van der Waals surface area (Å²) in [6, 6.07) is 5.74. The van der Waals surface area contributed by atoms with Gasteiger partial charge in [0, 0.05) is 17.3 Å². The quantitative estimate of drug-likeness (QED) is 0.844. The van der Waals surface area contributed by atoms with Gasteiger partial charge in [0.1, 0.15) is 5.82 Å². The van der Waals surface area contributed by atoms with Crippen LogP contribution in [-0.4, -0.2) is 9.97 Å². The second kappa shape index (κ2) is 9.78. The summed E-state index contributed by atoms with van der Waals surface area (Å²) in [4.78, 5) is 9.51. The summed E-state index contributed by atoms with van der Waals surface area (Å²) in [6.07, 6.45) is 3.60. The number of thiazole rings is 1. The molecule has 2 aromatic rings. The van der Waals surface area contributed by atoms with Crippen LogP contribution in [0.1, 0.15) is 32.6 Å². The molecule has 0 amide bonds. The van der Waals surface area contributed by atoms with Crippen LogP contribution in [-0.2, 0) is 0 Å². The van der Waals surface area contributed by atoms with Gasteiger partial charge in [-0.3, -0.25) is 0 Å². The molecule has 1 N–H and O–H groups in total. The van der Waals surface area contributed by atoms with Crippen molar-refractivity contribution in [2.45, 2.75) is 34.6 Å². The van der Waals surface area contributed by atoms with Gasteiger partial charge in [0.05, 0.1) is 0 Å². The largest absolute Gasteiger partial charge is 0.316 e. The molecule has 17 heavy (non-hydrogen) atoms. The topological polar surface area (TPSA) is 37.8 Å². The van der Waals surface area contributed by atoms with Crippen LogP contribution in [0, 0.1) is 6.92 Å². The first-order chi connectivity index (χ1) is 8.34. The Morgan fingerprint density at radius 3 is 2.24 bits per heavy atom. The molecule has 0 bridgehead atoms. The maximum absolute atomic E-state index is 4.18. The van der Waals surface area contributed by atoms with Crippen LogP contribution in [0.4, 0.5) is 10.9 Å². The highest BCUT2D eigenvalue weighted by Crippen LogP contribution is 2.19. The van der Waals surface area contributed by atoms with Crippen LogP contribution in [0.25, 0.3) is 0 Å². The van der Waals surface area contributed by atoms with E-state index in [2.05, 4.69) is 15.3 Å². The van der Waals surface area contributed by atoms with Crippen molar-refractivity contribution in [1.82, 2.24) is 9.97 Å².